The standard InChI is InChI=1S/C14H24N2O2S/c1-3-19(17,18)14-6-4-12(5-7-14)8-11(2)13(9-15)10-16/h4-7,11,13H,3,8-10,15-16H2,1-2H3. The number of sulfone groups is 1. The summed E-state index contributed by atoms with van der Waals surface area (Å²) >= 11 is 0. The van der Waals surface area contributed by atoms with Gasteiger partial charge in [-0.05, 0) is 49.0 Å². The molecule has 1 unspecified atom stereocenters. The van der Waals surface area contributed by atoms with Crippen molar-refractivity contribution in [1.29, 1.82) is 0 Å². The predicted molar refractivity (Wildman–Crippen MR) is 78.6 cm³/mol. The van der Waals surface area contributed by atoms with Crippen molar-refractivity contribution < 1.29 is 8.42 Å². The Morgan fingerprint density at radius 2 is 1.63 bits per heavy atom. The van der Waals surface area contributed by atoms with Crippen molar-refractivity contribution in [2.75, 3.05) is 18.8 Å². The lowest BCUT2D eigenvalue weighted by Gasteiger charge is -2.20. The molecule has 0 aliphatic rings. The van der Waals surface area contributed by atoms with Gasteiger partial charge in [0.05, 0.1) is 10.6 Å². The van der Waals surface area contributed by atoms with Crippen molar-refractivity contribution in [3.8, 4) is 0 Å². The molecule has 0 saturated carbocycles. The maximum Gasteiger partial charge on any atom is 0.178 e. The van der Waals surface area contributed by atoms with Gasteiger partial charge in [0, 0.05) is 0 Å². The fourth-order valence-electron chi connectivity index (χ4n) is 2.10. The number of hydrogen-bond donors (Lipinski definition) is 2. The molecule has 0 heterocycles. The average molecular weight is 284 g/mol. The average Bonchev–Trinajstić information content (AvgIpc) is 2.40. The Morgan fingerprint density at radius 3 is 2.05 bits per heavy atom. The van der Waals surface area contributed by atoms with Crippen LogP contribution in [0.25, 0.3) is 0 Å². The Morgan fingerprint density at radius 1 is 1.11 bits per heavy atom. The minimum absolute atomic E-state index is 0.130. The van der Waals surface area contributed by atoms with E-state index in [2.05, 4.69) is 6.92 Å². The molecule has 19 heavy (non-hydrogen) atoms. The van der Waals surface area contributed by atoms with E-state index in [0.717, 1.165) is 12.0 Å². The summed E-state index contributed by atoms with van der Waals surface area (Å²) in [6.45, 7) is 4.94. The van der Waals surface area contributed by atoms with Gasteiger partial charge >= 0.3 is 0 Å². The Balaban J connectivity index is 2.78. The van der Waals surface area contributed by atoms with Crippen LogP contribution in [-0.2, 0) is 16.3 Å². The lowest BCUT2D eigenvalue weighted by molar-refractivity contribution is 0.372. The van der Waals surface area contributed by atoms with Crippen molar-refractivity contribution in [3.63, 3.8) is 0 Å². The first-order valence-corrected chi connectivity index (χ1v) is 8.31. The molecular formula is C14H24N2O2S. The molecule has 0 radical (unpaired) electrons. The van der Waals surface area contributed by atoms with Crippen LogP contribution in [0, 0.1) is 11.8 Å². The van der Waals surface area contributed by atoms with Gasteiger partial charge in [-0.25, -0.2) is 8.42 Å². The SMILES string of the molecule is CCS(=O)(=O)c1ccc(CC(C)C(CN)CN)cc1. The Bertz CT molecular complexity index is 479. The summed E-state index contributed by atoms with van der Waals surface area (Å²) in [4.78, 5) is 0.389. The van der Waals surface area contributed by atoms with Gasteiger partial charge in [-0.3, -0.25) is 0 Å². The molecule has 0 saturated heterocycles. The largest absolute Gasteiger partial charge is 0.330 e. The highest BCUT2D eigenvalue weighted by Crippen LogP contribution is 2.18. The molecule has 108 valence electrons. The molecule has 1 atom stereocenters. The molecule has 0 fully saturated rings. The van der Waals surface area contributed by atoms with Gasteiger partial charge in [0.1, 0.15) is 0 Å². The minimum Gasteiger partial charge on any atom is -0.330 e. The second-order valence-corrected chi connectivity index (χ2v) is 7.24. The molecule has 0 spiro atoms. The highest BCUT2D eigenvalue weighted by atomic mass is 32.2. The number of benzene rings is 1. The van der Waals surface area contributed by atoms with Gasteiger partial charge in [-0.2, -0.15) is 0 Å². The molecule has 1 aromatic carbocycles. The maximum atomic E-state index is 11.7. The third-order valence-electron chi connectivity index (χ3n) is 3.63. The van der Waals surface area contributed by atoms with Crippen LogP contribution < -0.4 is 11.5 Å². The van der Waals surface area contributed by atoms with Crippen molar-refractivity contribution in [3.05, 3.63) is 29.8 Å². The zero-order valence-corrected chi connectivity index (χ0v) is 12.5. The first kappa shape index (κ1) is 16.1. The zero-order chi connectivity index (χ0) is 14.5. The van der Waals surface area contributed by atoms with Crippen LogP contribution in [0.2, 0.25) is 0 Å². The van der Waals surface area contributed by atoms with Crippen molar-refractivity contribution in [1.82, 2.24) is 0 Å². The van der Waals surface area contributed by atoms with Crippen LogP contribution in [0.5, 0.6) is 0 Å². The molecule has 1 aromatic rings. The molecule has 0 amide bonds. The molecule has 4 nitrogen and oxygen atoms in total. The summed E-state index contributed by atoms with van der Waals surface area (Å²) in [7, 11) is -3.11. The van der Waals surface area contributed by atoms with E-state index < -0.39 is 9.84 Å². The summed E-state index contributed by atoms with van der Waals surface area (Å²) < 4.78 is 23.4. The van der Waals surface area contributed by atoms with E-state index in [9.17, 15) is 8.42 Å². The van der Waals surface area contributed by atoms with E-state index in [1.54, 1.807) is 19.1 Å². The van der Waals surface area contributed by atoms with E-state index >= 15 is 0 Å². The first-order valence-electron chi connectivity index (χ1n) is 6.66. The van der Waals surface area contributed by atoms with Gasteiger partial charge in [0.25, 0.3) is 0 Å². The summed E-state index contributed by atoms with van der Waals surface area (Å²) in [6, 6.07) is 7.12. The van der Waals surface area contributed by atoms with Gasteiger partial charge in [-0.15, -0.1) is 0 Å². The van der Waals surface area contributed by atoms with E-state index in [-0.39, 0.29) is 5.75 Å². The zero-order valence-electron chi connectivity index (χ0n) is 11.7. The first-order chi connectivity index (χ1) is 8.94. The second-order valence-electron chi connectivity index (χ2n) is 4.96. The van der Waals surface area contributed by atoms with Crippen LogP contribution in [0.4, 0.5) is 0 Å². The van der Waals surface area contributed by atoms with Gasteiger partial charge < -0.3 is 11.5 Å². The Hall–Kier alpha value is -0.910. The number of hydrogen-bond acceptors (Lipinski definition) is 4. The van der Waals surface area contributed by atoms with Crippen molar-refractivity contribution in [2.24, 2.45) is 23.3 Å². The quantitative estimate of drug-likeness (QED) is 0.787. The summed E-state index contributed by atoms with van der Waals surface area (Å²) in [5.41, 5.74) is 12.5. The predicted octanol–water partition coefficient (Wildman–Crippen LogP) is 1.19. The lowest BCUT2D eigenvalue weighted by Crippen LogP contribution is -2.30. The van der Waals surface area contributed by atoms with Crippen LogP contribution in [-0.4, -0.2) is 27.3 Å². The molecular weight excluding hydrogens is 260 g/mol. The summed E-state index contributed by atoms with van der Waals surface area (Å²) in [6.07, 6.45) is 0.867. The molecule has 0 aromatic heterocycles. The van der Waals surface area contributed by atoms with Gasteiger partial charge in [0.2, 0.25) is 0 Å². The molecule has 0 aliphatic heterocycles. The number of nitrogens with two attached hydrogens (primary N) is 2. The van der Waals surface area contributed by atoms with Gasteiger partial charge in [0.15, 0.2) is 9.84 Å². The molecule has 0 bridgehead atoms. The number of rotatable bonds is 7. The highest BCUT2D eigenvalue weighted by molar-refractivity contribution is 7.91. The van der Waals surface area contributed by atoms with E-state index in [1.807, 2.05) is 12.1 Å². The molecule has 1 rings (SSSR count). The lowest BCUT2D eigenvalue weighted by atomic mass is 9.88. The summed E-state index contributed by atoms with van der Waals surface area (Å²) in [5.74, 6) is 0.827. The van der Waals surface area contributed by atoms with Crippen molar-refractivity contribution in [2.45, 2.75) is 25.2 Å². The maximum absolute atomic E-state index is 11.7. The molecule has 4 N–H and O–H groups in total. The Labute approximate surface area is 116 Å². The van der Waals surface area contributed by atoms with E-state index in [1.165, 1.54) is 0 Å². The highest BCUT2D eigenvalue weighted by Gasteiger charge is 2.15. The van der Waals surface area contributed by atoms with Crippen LogP contribution >= 0.6 is 0 Å². The van der Waals surface area contributed by atoms with Crippen molar-refractivity contribution >= 4 is 9.84 Å². The van der Waals surface area contributed by atoms with Crippen LogP contribution in [0.3, 0.4) is 0 Å². The molecule has 0 aliphatic carbocycles. The Kier molecular flexibility index (Phi) is 5.97. The second kappa shape index (κ2) is 7.03. The van der Waals surface area contributed by atoms with Gasteiger partial charge in [-0.1, -0.05) is 26.0 Å². The fourth-order valence-corrected chi connectivity index (χ4v) is 2.98. The third kappa shape index (κ3) is 4.30. The molecule has 5 heteroatoms. The van der Waals surface area contributed by atoms with E-state index in [4.69, 9.17) is 11.5 Å². The summed E-state index contributed by atoms with van der Waals surface area (Å²) in [5, 5.41) is 0. The third-order valence-corrected chi connectivity index (χ3v) is 5.38. The normalized spacial score (nSPS) is 13.7. The monoisotopic (exact) mass is 284 g/mol. The minimum atomic E-state index is -3.11. The van der Waals surface area contributed by atoms with Crippen LogP contribution in [0.1, 0.15) is 19.4 Å². The topological polar surface area (TPSA) is 86.2 Å². The van der Waals surface area contributed by atoms with Crippen LogP contribution in [0.15, 0.2) is 29.2 Å². The van der Waals surface area contributed by atoms with E-state index in [0.29, 0.717) is 29.8 Å². The fraction of sp³-hybridized carbons (Fsp3) is 0.571. The smallest absolute Gasteiger partial charge is 0.178 e.